The van der Waals surface area contributed by atoms with Crippen molar-refractivity contribution in [3.05, 3.63) is 0 Å². The second-order valence-corrected chi connectivity index (χ2v) is 8.46. The summed E-state index contributed by atoms with van der Waals surface area (Å²) in [5.41, 5.74) is 0. The maximum absolute atomic E-state index is 12.2. The van der Waals surface area contributed by atoms with Gasteiger partial charge in [0.25, 0.3) is 0 Å². The first-order valence-electron chi connectivity index (χ1n) is 10.1. The van der Waals surface area contributed by atoms with Crippen LogP contribution in [-0.2, 0) is 24.0 Å². The molecule has 2 unspecified atom stereocenters. The number of amides is 3. The lowest BCUT2D eigenvalue weighted by Crippen LogP contribution is -2.49. The van der Waals surface area contributed by atoms with Crippen molar-refractivity contribution in [3.8, 4) is 0 Å². The Morgan fingerprint density at radius 2 is 1.70 bits per heavy atom. The van der Waals surface area contributed by atoms with E-state index in [9.17, 15) is 24.0 Å². The van der Waals surface area contributed by atoms with Crippen LogP contribution >= 0.6 is 11.8 Å². The molecule has 10 nitrogen and oxygen atoms in total. The van der Waals surface area contributed by atoms with Gasteiger partial charge in [-0.2, -0.15) is 0 Å². The molecule has 1 fully saturated rings. The molecule has 1 saturated carbocycles. The zero-order valence-corrected chi connectivity index (χ0v) is 18.0. The van der Waals surface area contributed by atoms with Crippen molar-refractivity contribution in [2.75, 3.05) is 18.1 Å². The molecule has 0 spiro atoms. The molecule has 0 aliphatic heterocycles. The molecule has 1 rings (SSSR count). The number of aliphatic carboxylic acids is 2. The number of thioether (sulfide) groups is 1. The third kappa shape index (κ3) is 11.0. The molecule has 170 valence electrons. The molecular weight excluding hydrogens is 414 g/mol. The molecule has 2 atom stereocenters. The monoisotopic (exact) mass is 445 g/mol. The summed E-state index contributed by atoms with van der Waals surface area (Å²) in [6.07, 6.45) is 5.32. The summed E-state index contributed by atoms with van der Waals surface area (Å²) < 4.78 is 0. The lowest BCUT2D eigenvalue weighted by Gasteiger charge is -2.23. The quantitative estimate of drug-likeness (QED) is 0.271. The van der Waals surface area contributed by atoms with Gasteiger partial charge in [0, 0.05) is 18.2 Å². The number of rotatable bonds is 13. The summed E-state index contributed by atoms with van der Waals surface area (Å²) in [5, 5.41) is 25.3. The van der Waals surface area contributed by atoms with E-state index in [1.54, 1.807) is 0 Å². The fourth-order valence-corrected chi connectivity index (χ4v) is 3.85. The third-order valence-corrected chi connectivity index (χ3v) is 5.81. The molecule has 0 aromatic heterocycles. The number of carbonyl (C=O) groups excluding carboxylic acids is 3. The number of hydrogen-bond donors (Lipinski definition) is 5. The van der Waals surface area contributed by atoms with Gasteiger partial charge in [0.15, 0.2) is 0 Å². The predicted octanol–water partition coefficient (Wildman–Crippen LogP) is 0.355. The Morgan fingerprint density at radius 3 is 2.30 bits per heavy atom. The number of hydrogen-bond acceptors (Lipinski definition) is 6. The van der Waals surface area contributed by atoms with Crippen LogP contribution in [0.2, 0.25) is 0 Å². The van der Waals surface area contributed by atoms with Gasteiger partial charge in [-0.1, -0.05) is 26.2 Å². The van der Waals surface area contributed by atoms with E-state index in [0.717, 1.165) is 37.4 Å². The summed E-state index contributed by atoms with van der Waals surface area (Å²) in [6.45, 7) is 0.890. The molecule has 5 N–H and O–H groups in total. The lowest BCUT2D eigenvalue weighted by atomic mass is 9.95. The minimum absolute atomic E-state index is 0.0803. The van der Waals surface area contributed by atoms with Crippen molar-refractivity contribution in [1.29, 1.82) is 0 Å². The maximum atomic E-state index is 12.2. The number of carboxylic acid groups (broad SMARTS) is 2. The summed E-state index contributed by atoms with van der Waals surface area (Å²) in [4.78, 5) is 57.9. The van der Waals surface area contributed by atoms with Gasteiger partial charge in [-0.25, -0.2) is 0 Å². The molecule has 0 radical (unpaired) electrons. The van der Waals surface area contributed by atoms with Crippen LogP contribution in [0.5, 0.6) is 0 Å². The Bertz CT molecular complexity index is 623. The fourth-order valence-electron chi connectivity index (χ4n) is 2.99. The molecule has 30 heavy (non-hydrogen) atoms. The Labute approximate surface area is 179 Å². The summed E-state index contributed by atoms with van der Waals surface area (Å²) in [5.74, 6) is -4.05. The highest BCUT2D eigenvalue weighted by atomic mass is 32.2. The van der Waals surface area contributed by atoms with Gasteiger partial charge < -0.3 is 26.2 Å². The highest BCUT2D eigenvalue weighted by Crippen LogP contribution is 2.17. The number of carbonyl (C=O) groups is 5. The first-order chi connectivity index (χ1) is 14.2. The zero-order valence-electron chi connectivity index (χ0n) is 17.1. The van der Waals surface area contributed by atoms with Gasteiger partial charge in [-0.3, -0.25) is 24.0 Å². The van der Waals surface area contributed by atoms with Gasteiger partial charge in [-0.05, 0) is 19.3 Å². The van der Waals surface area contributed by atoms with Crippen LogP contribution in [-0.4, -0.2) is 70.0 Å². The van der Waals surface area contributed by atoms with Crippen LogP contribution in [0.4, 0.5) is 0 Å². The van der Waals surface area contributed by atoms with Crippen LogP contribution < -0.4 is 16.0 Å². The van der Waals surface area contributed by atoms with Crippen LogP contribution in [0, 0.1) is 5.92 Å². The number of nitrogens with one attached hydrogen (secondary N) is 3. The molecule has 11 heteroatoms. The van der Waals surface area contributed by atoms with Crippen LogP contribution in [0.15, 0.2) is 0 Å². The first-order valence-corrected chi connectivity index (χ1v) is 11.2. The van der Waals surface area contributed by atoms with Gasteiger partial charge in [0.2, 0.25) is 17.7 Å². The second-order valence-electron chi connectivity index (χ2n) is 7.43. The van der Waals surface area contributed by atoms with Gasteiger partial charge in [-0.15, -0.1) is 11.8 Å². The smallest absolute Gasteiger partial charge is 0.322 e. The Morgan fingerprint density at radius 1 is 1.03 bits per heavy atom. The topological polar surface area (TPSA) is 162 Å². The Kier molecular flexibility index (Phi) is 11.9. The first kappa shape index (κ1) is 25.7. The van der Waals surface area contributed by atoms with Crippen molar-refractivity contribution in [2.24, 2.45) is 5.92 Å². The molecule has 0 aromatic rings. The molecule has 3 amide bonds. The molecular formula is C19H31N3O7S. The average molecular weight is 446 g/mol. The minimum Gasteiger partial charge on any atom is -0.481 e. The predicted molar refractivity (Wildman–Crippen MR) is 111 cm³/mol. The van der Waals surface area contributed by atoms with Crippen LogP contribution in [0.1, 0.15) is 51.9 Å². The maximum Gasteiger partial charge on any atom is 0.322 e. The van der Waals surface area contributed by atoms with Gasteiger partial charge >= 0.3 is 11.9 Å². The molecule has 0 aromatic carbocycles. The highest BCUT2D eigenvalue weighted by Gasteiger charge is 2.23. The van der Waals surface area contributed by atoms with Crippen molar-refractivity contribution < 1.29 is 34.2 Å². The van der Waals surface area contributed by atoms with Crippen molar-refractivity contribution >= 4 is 41.4 Å². The zero-order chi connectivity index (χ0) is 22.5. The molecule has 0 heterocycles. The van der Waals surface area contributed by atoms with Gasteiger partial charge in [0.1, 0.15) is 12.6 Å². The average Bonchev–Trinajstić information content (AvgIpc) is 2.70. The van der Waals surface area contributed by atoms with E-state index in [0.29, 0.717) is 0 Å². The largest absolute Gasteiger partial charge is 0.481 e. The minimum atomic E-state index is -1.22. The summed E-state index contributed by atoms with van der Waals surface area (Å²) in [6, 6.07) is -0.845. The van der Waals surface area contributed by atoms with Gasteiger partial charge in [0.05, 0.1) is 11.7 Å². The molecule has 0 bridgehead atoms. The second kappa shape index (κ2) is 13.8. The number of carboxylic acids is 2. The van der Waals surface area contributed by atoms with Crippen LogP contribution in [0.3, 0.4) is 0 Å². The summed E-state index contributed by atoms with van der Waals surface area (Å²) in [7, 11) is 0. The lowest BCUT2D eigenvalue weighted by molar-refractivity contribution is -0.141. The highest BCUT2D eigenvalue weighted by molar-refractivity contribution is 8.00. The third-order valence-electron chi connectivity index (χ3n) is 4.78. The van der Waals surface area contributed by atoms with Crippen molar-refractivity contribution in [1.82, 2.24) is 16.0 Å². The van der Waals surface area contributed by atoms with Crippen molar-refractivity contribution in [2.45, 2.75) is 64.0 Å². The molecule has 1 aliphatic carbocycles. The standard InChI is InChI=1S/C19H31N3O7S/c1-12(19(28)29)7-8-15(23)22-14(18(27)20-9-17(25)26)10-30-11-16(24)21-13-5-3-2-4-6-13/h12-14H,2-11H2,1H3,(H,20,27)(H,21,24)(H,22,23)(H,25,26)(H,28,29). The van der Waals surface area contributed by atoms with E-state index in [1.807, 2.05) is 0 Å². The molecule has 1 aliphatic rings. The fraction of sp³-hybridized carbons (Fsp3) is 0.737. The van der Waals surface area contributed by atoms with E-state index >= 15 is 0 Å². The van der Waals surface area contributed by atoms with E-state index in [2.05, 4.69) is 16.0 Å². The van der Waals surface area contributed by atoms with E-state index in [-0.39, 0.29) is 36.3 Å². The Balaban J connectivity index is 2.50. The molecule has 0 saturated heterocycles. The normalized spacial score (nSPS) is 16.2. The SMILES string of the molecule is CC(CCC(=O)NC(CSCC(=O)NC1CCCCC1)C(=O)NCC(=O)O)C(=O)O. The Hall–Kier alpha value is -2.30. The summed E-state index contributed by atoms with van der Waals surface area (Å²) >= 11 is 1.16. The van der Waals surface area contributed by atoms with E-state index in [4.69, 9.17) is 10.2 Å². The van der Waals surface area contributed by atoms with Crippen LogP contribution in [0.25, 0.3) is 0 Å². The van der Waals surface area contributed by atoms with Crippen molar-refractivity contribution in [3.63, 3.8) is 0 Å². The van der Waals surface area contributed by atoms with E-state index in [1.165, 1.54) is 13.3 Å². The van der Waals surface area contributed by atoms with E-state index < -0.39 is 42.3 Å².